The molecule has 0 saturated carbocycles. The second-order valence-electron chi connectivity index (χ2n) is 4.86. The number of anilines is 1. The summed E-state index contributed by atoms with van der Waals surface area (Å²) in [6.07, 6.45) is 1.74. The molecule has 0 amide bonds. The van der Waals surface area contributed by atoms with Crippen molar-refractivity contribution in [2.75, 3.05) is 11.4 Å². The molecule has 0 spiro atoms. The molecular formula is C17H17N3O. The summed E-state index contributed by atoms with van der Waals surface area (Å²) in [5, 5.41) is 0. The first kappa shape index (κ1) is 13.4. The zero-order valence-corrected chi connectivity index (χ0v) is 11.9. The van der Waals surface area contributed by atoms with Crippen LogP contribution in [-0.4, -0.2) is 15.9 Å². The van der Waals surface area contributed by atoms with Crippen molar-refractivity contribution in [1.29, 1.82) is 0 Å². The SMILES string of the molecule is CCN(Cc1cc(=O)n2ccccc2n1)c1ccccc1. The molecule has 3 rings (SSSR count). The third-order valence-corrected chi connectivity index (χ3v) is 3.48. The molecule has 2 heterocycles. The lowest BCUT2D eigenvalue weighted by atomic mass is 10.2. The molecule has 0 bridgehead atoms. The van der Waals surface area contributed by atoms with Crippen LogP contribution in [0.25, 0.3) is 5.65 Å². The highest BCUT2D eigenvalue weighted by atomic mass is 16.1. The third kappa shape index (κ3) is 2.79. The van der Waals surface area contributed by atoms with E-state index in [9.17, 15) is 4.79 Å². The average molecular weight is 279 g/mol. The van der Waals surface area contributed by atoms with Crippen LogP contribution in [0.5, 0.6) is 0 Å². The van der Waals surface area contributed by atoms with Gasteiger partial charge in [-0.1, -0.05) is 24.3 Å². The smallest absolute Gasteiger partial charge is 0.258 e. The van der Waals surface area contributed by atoms with Crippen molar-refractivity contribution >= 4 is 11.3 Å². The molecule has 0 radical (unpaired) electrons. The Bertz CT molecular complexity index is 796. The number of para-hydroxylation sites is 1. The zero-order chi connectivity index (χ0) is 14.7. The Morgan fingerprint density at radius 2 is 1.86 bits per heavy atom. The fraction of sp³-hybridized carbons (Fsp3) is 0.176. The maximum Gasteiger partial charge on any atom is 0.258 e. The molecular weight excluding hydrogens is 262 g/mol. The highest BCUT2D eigenvalue weighted by Gasteiger charge is 2.08. The minimum atomic E-state index is -0.0419. The number of fused-ring (bicyclic) bond motifs is 1. The van der Waals surface area contributed by atoms with Crippen molar-refractivity contribution < 1.29 is 0 Å². The van der Waals surface area contributed by atoms with E-state index in [-0.39, 0.29) is 5.56 Å². The number of hydrogen-bond acceptors (Lipinski definition) is 3. The monoisotopic (exact) mass is 279 g/mol. The van der Waals surface area contributed by atoms with Crippen molar-refractivity contribution in [2.24, 2.45) is 0 Å². The van der Waals surface area contributed by atoms with E-state index in [2.05, 4.69) is 28.9 Å². The Labute approximate surface area is 123 Å². The Balaban J connectivity index is 1.95. The molecule has 0 N–H and O–H groups in total. The molecule has 3 aromatic rings. The van der Waals surface area contributed by atoms with Crippen molar-refractivity contribution in [3.8, 4) is 0 Å². The Morgan fingerprint density at radius 3 is 2.62 bits per heavy atom. The summed E-state index contributed by atoms with van der Waals surface area (Å²) in [6, 6.07) is 17.3. The molecule has 0 aliphatic carbocycles. The number of pyridine rings is 1. The topological polar surface area (TPSA) is 37.6 Å². The first-order valence-electron chi connectivity index (χ1n) is 7.05. The molecule has 0 atom stereocenters. The van der Waals surface area contributed by atoms with Gasteiger partial charge in [-0.25, -0.2) is 4.98 Å². The molecule has 4 nitrogen and oxygen atoms in total. The first-order chi connectivity index (χ1) is 10.3. The lowest BCUT2D eigenvalue weighted by Crippen LogP contribution is -2.24. The molecule has 4 heteroatoms. The van der Waals surface area contributed by atoms with Gasteiger partial charge in [-0.2, -0.15) is 0 Å². The Kier molecular flexibility index (Phi) is 3.69. The standard InChI is InChI=1S/C17H17N3O/c1-2-19(15-8-4-3-5-9-15)13-14-12-17(21)20-11-7-6-10-16(20)18-14/h3-12H,2,13H2,1H3. The van der Waals surface area contributed by atoms with Gasteiger partial charge in [0, 0.05) is 24.5 Å². The number of nitrogens with zero attached hydrogens (tertiary/aromatic N) is 3. The van der Waals surface area contributed by atoms with Crippen LogP contribution in [0.4, 0.5) is 5.69 Å². The van der Waals surface area contributed by atoms with E-state index >= 15 is 0 Å². The van der Waals surface area contributed by atoms with Crippen molar-refractivity contribution in [3.63, 3.8) is 0 Å². The normalized spacial score (nSPS) is 10.7. The van der Waals surface area contributed by atoms with Crippen LogP contribution in [0, 0.1) is 0 Å². The molecule has 21 heavy (non-hydrogen) atoms. The average Bonchev–Trinajstić information content (AvgIpc) is 2.53. The van der Waals surface area contributed by atoms with Gasteiger partial charge in [0.1, 0.15) is 5.65 Å². The van der Waals surface area contributed by atoms with E-state index in [0.717, 1.165) is 17.9 Å². The van der Waals surface area contributed by atoms with Crippen LogP contribution in [0.15, 0.2) is 65.6 Å². The molecule has 0 saturated heterocycles. The second-order valence-corrected chi connectivity index (χ2v) is 4.86. The van der Waals surface area contributed by atoms with Crippen LogP contribution in [-0.2, 0) is 6.54 Å². The summed E-state index contributed by atoms with van der Waals surface area (Å²) < 4.78 is 1.56. The van der Waals surface area contributed by atoms with Gasteiger partial charge in [0.15, 0.2) is 0 Å². The fourth-order valence-corrected chi connectivity index (χ4v) is 2.40. The van der Waals surface area contributed by atoms with Crippen LogP contribution in [0.3, 0.4) is 0 Å². The van der Waals surface area contributed by atoms with Gasteiger partial charge in [0.2, 0.25) is 0 Å². The van der Waals surface area contributed by atoms with Crippen LogP contribution in [0.2, 0.25) is 0 Å². The molecule has 0 fully saturated rings. The molecule has 0 aliphatic heterocycles. The number of aromatic nitrogens is 2. The van der Waals surface area contributed by atoms with Crippen LogP contribution >= 0.6 is 0 Å². The lowest BCUT2D eigenvalue weighted by Gasteiger charge is -2.22. The van der Waals surface area contributed by atoms with E-state index in [4.69, 9.17) is 0 Å². The minimum absolute atomic E-state index is 0.0419. The zero-order valence-electron chi connectivity index (χ0n) is 11.9. The maximum atomic E-state index is 12.1. The van der Waals surface area contributed by atoms with E-state index in [0.29, 0.717) is 12.2 Å². The Hall–Kier alpha value is -2.62. The lowest BCUT2D eigenvalue weighted by molar-refractivity contribution is 0.804. The van der Waals surface area contributed by atoms with Gasteiger partial charge in [0.05, 0.1) is 12.2 Å². The van der Waals surface area contributed by atoms with E-state index in [1.54, 1.807) is 16.7 Å². The van der Waals surface area contributed by atoms with Gasteiger partial charge in [-0.05, 0) is 31.2 Å². The van der Waals surface area contributed by atoms with Crippen molar-refractivity contribution in [3.05, 3.63) is 76.8 Å². The summed E-state index contributed by atoms with van der Waals surface area (Å²) >= 11 is 0. The summed E-state index contributed by atoms with van der Waals surface area (Å²) in [6.45, 7) is 3.59. The van der Waals surface area contributed by atoms with Gasteiger partial charge in [0.25, 0.3) is 5.56 Å². The maximum absolute atomic E-state index is 12.1. The summed E-state index contributed by atoms with van der Waals surface area (Å²) in [5.74, 6) is 0. The third-order valence-electron chi connectivity index (χ3n) is 3.48. The predicted molar refractivity (Wildman–Crippen MR) is 84.6 cm³/mol. The van der Waals surface area contributed by atoms with Crippen LogP contribution in [0.1, 0.15) is 12.6 Å². The Morgan fingerprint density at radius 1 is 1.10 bits per heavy atom. The summed E-state index contributed by atoms with van der Waals surface area (Å²) in [4.78, 5) is 18.9. The van der Waals surface area contributed by atoms with E-state index in [1.165, 1.54) is 0 Å². The highest BCUT2D eigenvalue weighted by Crippen LogP contribution is 2.15. The molecule has 106 valence electrons. The molecule has 0 aliphatic rings. The fourth-order valence-electron chi connectivity index (χ4n) is 2.40. The van der Waals surface area contributed by atoms with Gasteiger partial charge in [-0.3, -0.25) is 9.20 Å². The molecule has 2 aromatic heterocycles. The summed E-state index contributed by atoms with van der Waals surface area (Å²) in [7, 11) is 0. The first-order valence-corrected chi connectivity index (χ1v) is 7.05. The van der Waals surface area contributed by atoms with Crippen molar-refractivity contribution in [1.82, 2.24) is 9.38 Å². The molecule has 0 unspecified atom stereocenters. The van der Waals surface area contributed by atoms with Crippen LogP contribution < -0.4 is 10.5 Å². The predicted octanol–water partition coefficient (Wildman–Crippen LogP) is 2.72. The number of benzene rings is 1. The quantitative estimate of drug-likeness (QED) is 0.737. The van der Waals surface area contributed by atoms with Crippen molar-refractivity contribution in [2.45, 2.75) is 13.5 Å². The van der Waals surface area contributed by atoms with Gasteiger partial charge in [-0.15, -0.1) is 0 Å². The van der Waals surface area contributed by atoms with Gasteiger partial charge >= 0.3 is 0 Å². The second kappa shape index (κ2) is 5.79. The van der Waals surface area contributed by atoms with E-state index in [1.807, 2.05) is 36.4 Å². The van der Waals surface area contributed by atoms with Gasteiger partial charge < -0.3 is 4.90 Å². The number of rotatable bonds is 4. The number of hydrogen-bond donors (Lipinski definition) is 0. The molecule has 1 aromatic carbocycles. The highest BCUT2D eigenvalue weighted by molar-refractivity contribution is 5.46. The largest absolute Gasteiger partial charge is 0.366 e. The van der Waals surface area contributed by atoms with E-state index < -0.39 is 0 Å². The minimum Gasteiger partial charge on any atom is -0.366 e. The summed E-state index contributed by atoms with van der Waals surface area (Å²) in [5.41, 5.74) is 2.57.